The van der Waals surface area contributed by atoms with Gasteiger partial charge in [-0.3, -0.25) is 4.79 Å². The van der Waals surface area contributed by atoms with E-state index in [1.54, 1.807) is 47.0 Å². The number of para-hydroxylation sites is 2. The number of imidazole rings is 1. The SMILES string of the molecule is COC(=O)c1ccc(-c2nc3ccccc3n2C(C(N)=O)(c2ccccc2F)C(C)C)cc1. The lowest BCUT2D eigenvalue weighted by atomic mass is 9.78. The highest BCUT2D eigenvalue weighted by molar-refractivity contribution is 5.93. The van der Waals surface area contributed by atoms with E-state index < -0.39 is 29.2 Å². The summed E-state index contributed by atoms with van der Waals surface area (Å²) in [6, 6.07) is 20.2. The molecule has 0 bridgehead atoms. The Labute approximate surface area is 190 Å². The third-order valence-electron chi connectivity index (χ3n) is 5.97. The van der Waals surface area contributed by atoms with Crippen LogP contribution in [0.15, 0.2) is 72.8 Å². The Hall–Kier alpha value is -4.00. The maximum Gasteiger partial charge on any atom is 0.337 e. The zero-order chi connectivity index (χ0) is 23.8. The van der Waals surface area contributed by atoms with Gasteiger partial charge in [0.15, 0.2) is 5.54 Å². The molecule has 3 aromatic carbocycles. The Bertz CT molecular complexity index is 1340. The van der Waals surface area contributed by atoms with Crippen molar-refractivity contribution in [3.8, 4) is 11.4 Å². The quantitative estimate of drug-likeness (QED) is 0.442. The lowest BCUT2D eigenvalue weighted by Gasteiger charge is -2.38. The van der Waals surface area contributed by atoms with E-state index in [0.717, 1.165) is 0 Å². The molecule has 1 aromatic heterocycles. The Balaban J connectivity index is 2.10. The van der Waals surface area contributed by atoms with E-state index >= 15 is 4.39 Å². The molecule has 7 heteroatoms. The minimum absolute atomic E-state index is 0.170. The number of fused-ring (bicyclic) bond motifs is 1. The predicted molar refractivity (Wildman–Crippen MR) is 124 cm³/mol. The Morgan fingerprint density at radius 2 is 1.64 bits per heavy atom. The molecule has 1 amide bonds. The minimum atomic E-state index is -1.56. The number of benzene rings is 3. The molecule has 0 spiro atoms. The van der Waals surface area contributed by atoms with Gasteiger partial charge in [-0.05, 0) is 36.2 Å². The standard InChI is InChI=1S/C26H24FN3O3/c1-16(2)26(25(28)32,19-8-4-5-9-20(19)27)30-22-11-7-6-10-21(22)29-23(30)17-12-14-18(15-13-17)24(31)33-3/h4-16H,1-3H3,(H2,28,32). The van der Waals surface area contributed by atoms with E-state index in [1.165, 1.54) is 13.2 Å². The zero-order valence-electron chi connectivity index (χ0n) is 18.6. The summed E-state index contributed by atoms with van der Waals surface area (Å²) in [7, 11) is 1.31. The first-order valence-corrected chi connectivity index (χ1v) is 10.5. The molecular formula is C26H24FN3O3. The molecule has 0 saturated heterocycles. The van der Waals surface area contributed by atoms with Gasteiger partial charge in [0.25, 0.3) is 0 Å². The molecule has 2 N–H and O–H groups in total. The third-order valence-corrected chi connectivity index (χ3v) is 5.97. The van der Waals surface area contributed by atoms with E-state index in [4.69, 9.17) is 15.5 Å². The molecule has 0 aliphatic carbocycles. The number of carbonyl (C=O) groups is 2. The highest BCUT2D eigenvalue weighted by Gasteiger charge is 2.47. The van der Waals surface area contributed by atoms with Crippen molar-refractivity contribution in [1.29, 1.82) is 0 Å². The van der Waals surface area contributed by atoms with Crippen molar-refractivity contribution in [2.24, 2.45) is 11.7 Å². The molecule has 0 aliphatic rings. The summed E-state index contributed by atoms with van der Waals surface area (Å²) in [6.45, 7) is 3.66. The first-order chi connectivity index (χ1) is 15.8. The van der Waals surface area contributed by atoms with E-state index in [2.05, 4.69) is 0 Å². The number of aromatic nitrogens is 2. The normalized spacial score (nSPS) is 13.1. The van der Waals surface area contributed by atoms with Crippen LogP contribution in [-0.4, -0.2) is 28.5 Å². The Morgan fingerprint density at radius 3 is 2.24 bits per heavy atom. The van der Waals surface area contributed by atoms with Gasteiger partial charge in [0.2, 0.25) is 5.91 Å². The first-order valence-electron chi connectivity index (χ1n) is 10.5. The summed E-state index contributed by atoms with van der Waals surface area (Å²) in [6.07, 6.45) is 0. The van der Waals surface area contributed by atoms with Crippen molar-refractivity contribution in [3.05, 3.63) is 89.7 Å². The number of primary amides is 1. The molecule has 1 heterocycles. The van der Waals surface area contributed by atoms with Gasteiger partial charge in [-0.2, -0.15) is 0 Å². The molecule has 1 atom stereocenters. The molecule has 0 fully saturated rings. The fourth-order valence-corrected chi connectivity index (χ4v) is 4.44. The minimum Gasteiger partial charge on any atom is -0.465 e. The zero-order valence-corrected chi connectivity index (χ0v) is 18.6. The van der Waals surface area contributed by atoms with Crippen molar-refractivity contribution in [2.75, 3.05) is 7.11 Å². The molecule has 168 valence electrons. The second kappa shape index (κ2) is 8.50. The maximum absolute atomic E-state index is 15.2. The van der Waals surface area contributed by atoms with Crippen molar-refractivity contribution < 1.29 is 18.7 Å². The molecule has 1 unspecified atom stereocenters. The monoisotopic (exact) mass is 445 g/mol. The van der Waals surface area contributed by atoms with Crippen LogP contribution in [-0.2, 0) is 15.1 Å². The number of carbonyl (C=O) groups excluding carboxylic acids is 2. The molecule has 4 aromatic rings. The number of hydrogen-bond acceptors (Lipinski definition) is 4. The largest absolute Gasteiger partial charge is 0.465 e. The van der Waals surface area contributed by atoms with Crippen LogP contribution in [0.1, 0.15) is 29.8 Å². The first kappa shape index (κ1) is 22.2. The third kappa shape index (κ3) is 3.46. The van der Waals surface area contributed by atoms with Gasteiger partial charge in [0, 0.05) is 11.1 Å². The number of methoxy groups -OCH3 is 1. The number of amides is 1. The Morgan fingerprint density at radius 1 is 1.00 bits per heavy atom. The van der Waals surface area contributed by atoms with Crippen LogP contribution >= 0.6 is 0 Å². The lowest BCUT2D eigenvalue weighted by Crippen LogP contribution is -2.52. The highest BCUT2D eigenvalue weighted by atomic mass is 19.1. The van der Waals surface area contributed by atoms with Crippen molar-refractivity contribution >= 4 is 22.9 Å². The summed E-state index contributed by atoms with van der Waals surface area (Å²) in [5.74, 6) is -1.68. The van der Waals surface area contributed by atoms with Crippen LogP contribution in [0, 0.1) is 11.7 Å². The smallest absolute Gasteiger partial charge is 0.337 e. The molecule has 4 rings (SSSR count). The van der Waals surface area contributed by atoms with E-state index in [0.29, 0.717) is 28.0 Å². The second-order valence-corrected chi connectivity index (χ2v) is 8.09. The van der Waals surface area contributed by atoms with Crippen molar-refractivity contribution in [1.82, 2.24) is 9.55 Å². The number of rotatable bonds is 6. The van der Waals surface area contributed by atoms with Crippen LogP contribution in [0.3, 0.4) is 0 Å². The number of ether oxygens (including phenoxy) is 1. The molecule has 0 aliphatic heterocycles. The molecule has 0 radical (unpaired) electrons. The second-order valence-electron chi connectivity index (χ2n) is 8.09. The van der Waals surface area contributed by atoms with Gasteiger partial charge in [-0.15, -0.1) is 0 Å². The fraction of sp³-hybridized carbons (Fsp3) is 0.192. The van der Waals surface area contributed by atoms with Crippen LogP contribution in [0.4, 0.5) is 4.39 Å². The van der Waals surface area contributed by atoms with Crippen LogP contribution < -0.4 is 5.73 Å². The highest BCUT2D eigenvalue weighted by Crippen LogP contribution is 2.41. The van der Waals surface area contributed by atoms with Gasteiger partial charge >= 0.3 is 5.97 Å². The number of halogens is 1. The van der Waals surface area contributed by atoms with Gasteiger partial charge < -0.3 is 15.0 Å². The topological polar surface area (TPSA) is 87.2 Å². The van der Waals surface area contributed by atoms with Crippen LogP contribution in [0.25, 0.3) is 22.4 Å². The van der Waals surface area contributed by atoms with Crippen LogP contribution in [0.5, 0.6) is 0 Å². The lowest BCUT2D eigenvalue weighted by molar-refractivity contribution is -0.126. The fourth-order valence-electron chi connectivity index (χ4n) is 4.44. The molecular weight excluding hydrogens is 421 g/mol. The summed E-state index contributed by atoms with van der Waals surface area (Å²) >= 11 is 0. The summed E-state index contributed by atoms with van der Waals surface area (Å²) in [5.41, 5.74) is 6.97. The predicted octanol–water partition coefficient (Wildman–Crippen LogP) is 4.51. The van der Waals surface area contributed by atoms with Gasteiger partial charge in [-0.1, -0.05) is 56.3 Å². The van der Waals surface area contributed by atoms with Crippen LogP contribution in [0.2, 0.25) is 0 Å². The summed E-state index contributed by atoms with van der Waals surface area (Å²) in [5, 5.41) is 0. The number of esters is 1. The Kier molecular flexibility index (Phi) is 5.72. The van der Waals surface area contributed by atoms with Crippen molar-refractivity contribution in [2.45, 2.75) is 19.4 Å². The molecule has 6 nitrogen and oxygen atoms in total. The van der Waals surface area contributed by atoms with Gasteiger partial charge in [-0.25, -0.2) is 14.2 Å². The van der Waals surface area contributed by atoms with Gasteiger partial charge in [0.1, 0.15) is 11.6 Å². The van der Waals surface area contributed by atoms with E-state index in [1.807, 2.05) is 38.1 Å². The number of nitrogens with zero attached hydrogens (tertiary/aromatic N) is 2. The average Bonchev–Trinajstić information content (AvgIpc) is 3.20. The summed E-state index contributed by atoms with van der Waals surface area (Å²) in [4.78, 5) is 29.9. The van der Waals surface area contributed by atoms with Gasteiger partial charge in [0.05, 0.1) is 23.7 Å². The van der Waals surface area contributed by atoms with E-state index in [9.17, 15) is 9.59 Å². The molecule has 33 heavy (non-hydrogen) atoms. The summed E-state index contributed by atoms with van der Waals surface area (Å²) < 4.78 is 21.7. The number of hydrogen-bond donors (Lipinski definition) is 1. The maximum atomic E-state index is 15.2. The van der Waals surface area contributed by atoms with E-state index in [-0.39, 0.29) is 5.56 Å². The van der Waals surface area contributed by atoms with Crippen molar-refractivity contribution in [3.63, 3.8) is 0 Å². The molecule has 0 saturated carbocycles. The number of nitrogens with two attached hydrogens (primary N) is 1. The average molecular weight is 445 g/mol.